The Morgan fingerprint density at radius 1 is 1.03 bits per heavy atom. The van der Waals surface area contributed by atoms with Crippen molar-refractivity contribution in [1.82, 2.24) is 14.8 Å². The summed E-state index contributed by atoms with van der Waals surface area (Å²) in [6, 6.07) is 8.23. The van der Waals surface area contributed by atoms with Gasteiger partial charge in [-0.05, 0) is 55.6 Å². The molecule has 6 rings (SSSR count). The molecule has 2 bridgehead atoms. The lowest BCUT2D eigenvalue weighted by Gasteiger charge is -2.51. The molecule has 5 heterocycles. The molecule has 4 fully saturated rings. The summed E-state index contributed by atoms with van der Waals surface area (Å²) < 4.78 is 16.4. The zero-order chi connectivity index (χ0) is 21.5. The highest BCUT2D eigenvalue weighted by molar-refractivity contribution is 5.96. The number of pyridine rings is 1. The van der Waals surface area contributed by atoms with Crippen molar-refractivity contribution in [3.05, 3.63) is 47.8 Å². The van der Waals surface area contributed by atoms with Crippen molar-refractivity contribution in [2.75, 3.05) is 41.0 Å². The number of nitrogens with zero attached hydrogens (tertiary/aromatic N) is 3. The van der Waals surface area contributed by atoms with Crippen molar-refractivity contribution in [1.29, 1.82) is 0 Å². The molecular weight excluding hydrogens is 394 g/mol. The van der Waals surface area contributed by atoms with Crippen molar-refractivity contribution < 1.29 is 19.0 Å². The second-order valence-corrected chi connectivity index (χ2v) is 8.62. The number of hydrogen-bond donors (Lipinski definition) is 0. The van der Waals surface area contributed by atoms with E-state index in [4.69, 9.17) is 14.2 Å². The van der Waals surface area contributed by atoms with Gasteiger partial charge in [0.15, 0.2) is 11.5 Å². The lowest BCUT2D eigenvalue weighted by Crippen LogP contribution is -2.60. The minimum absolute atomic E-state index is 0.0226. The zero-order valence-electron chi connectivity index (χ0n) is 18.3. The standard InChI is InChI=1S/C24H29N3O4/c1-29-19-11-17(12-20(30-2)23(19)31-3)24(28)27-14-18(16-5-4-8-25-13-16)22-21(27)15-6-9-26(22)10-7-15/h4-5,8,11-13,15,18,21-22H,6-7,9-10,14H2,1-3H3. The third kappa shape index (κ3) is 3.22. The summed E-state index contributed by atoms with van der Waals surface area (Å²) in [7, 11) is 4.71. The van der Waals surface area contributed by atoms with Crippen LogP contribution in [0.15, 0.2) is 36.7 Å². The molecule has 7 nitrogen and oxygen atoms in total. The van der Waals surface area contributed by atoms with E-state index in [-0.39, 0.29) is 17.9 Å². The number of fused-ring (bicyclic) bond motifs is 2. The summed E-state index contributed by atoms with van der Waals surface area (Å²) in [6.45, 7) is 2.94. The molecule has 4 saturated heterocycles. The quantitative estimate of drug-likeness (QED) is 0.737. The molecule has 1 aromatic carbocycles. The summed E-state index contributed by atoms with van der Waals surface area (Å²) in [5, 5.41) is 0. The summed E-state index contributed by atoms with van der Waals surface area (Å²) in [6.07, 6.45) is 6.07. The molecule has 0 radical (unpaired) electrons. The van der Waals surface area contributed by atoms with Crippen LogP contribution in [0.4, 0.5) is 0 Å². The number of piperidine rings is 3. The molecule has 0 aliphatic carbocycles. The first-order valence-electron chi connectivity index (χ1n) is 10.9. The molecule has 1 aromatic heterocycles. The molecule has 3 atom stereocenters. The number of likely N-dealkylation sites (tertiary alicyclic amines) is 1. The summed E-state index contributed by atoms with van der Waals surface area (Å²) >= 11 is 0. The maximum Gasteiger partial charge on any atom is 0.254 e. The van der Waals surface area contributed by atoms with Crippen LogP contribution in [-0.2, 0) is 0 Å². The van der Waals surface area contributed by atoms with Crippen LogP contribution in [0.5, 0.6) is 17.2 Å². The van der Waals surface area contributed by atoms with Crippen LogP contribution in [0.25, 0.3) is 0 Å². The van der Waals surface area contributed by atoms with Gasteiger partial charge in [0.2, 0.25) is 5.75 Å². The van der Waals surface area contributed by atoms with Crippen molar-refractivity contribution >= 4 is 5.91 Å². The predicted molar refractivity (Wildman–Crippen MR) is 116 cm³/mol. The topological polar surface area (TPSA) is 64.1 Å². The molecule has 7 heteroatoms. The first-order valence-corrected chi connectivity index (χ1v) is 10.9. The number of aromatic nitrogens is 1. The second-order valence-electron chi connectivity index (χ2n) is 8.62. The number of methoxy groups -OCH3 is 3. The third-order valence-corrected chi connectivity index (χ3v) is 7.28. The van der Waals surface area contributed by atoms with Crippen LogP contribution in [0.3, 0.4) is 0 Å². The molecule has 31 heavy (non-hydrogen) atoms. The Morgan fingerprint density at radius 2 is 1.74 bits per heavy atom. The first-order chi connectivity index (χ1) is 15.2. The van der Waals surface area contributed by atoms with Crippen LogP contribution in [-0.4, -0.2) is 73.7 Å². The number of rotatable bonds is 5. The Hall–Kier alpha value is -2.80. The van der Waals surface area contributed by atoms with E-state index in [0.717, 1.165) is 25.9 Å². The van der Waals surface area contributed by atoms with Crippen molar-refractivity contribution in [3.8, 4) is 17.2 Å². The van der Waals surface area contributed by atoms with Gasteiger partial charge in [0.1, 0.15) is 0 Å². The van der Waals surface area contributed by atoms with Gasteiger partial charge >= 0.3 is 0 Å². The first kappa shape index (κ1) is 20.1. The van der Waals surface area contributed by atoms with Gasteiger partial charge in [0.05, 0.1) is 27.4 Å². The molecule has 3 unspecified atom stereocenters. The average molecular weight is 424 g/mol. The SMILES string of the molecule is COc1cc(C(=O)N2CC(c3cccnc3)C3C2C2CCN3CC2)cc(OC)c1OC. The van der Waals surface area contributed by atoms with E-state index in [2.05, 4.69) is 20.9 Å². The van der Waals surface area contributed by atoms with E-state index in [9.17, 15) is 4.79 Å². The summed E-state index contributed by atoms with van der Waals surface area (Å²) in [5.41, 5.74) is 1.78. The normalized spacial score (nSPS) is 28.9. The second kappa shape index (κ2) is 8.04. The van der Waals surface area contributed by atoms with Gasteiger partial charge in [-0.15, -0.1) is 0 Å². The highest BCUT2D eigenvalue weighted by Crippen LogP contribution is 2.47. The Balaban J connectivity index is 1.53. The van der Waals surface area contributed by atoms with Gasteiger partial charge < -0.3 is 19.1 Å². The van der Waals surface area contributed by atoms with Crippen LogP contribution < -0.4 is 14.2 Å². The van der Waals surface area contributed by atoms with Crippen LogP contribution in [0, 0.1) is 5.92 Å². The maximum absolute atomic E-state index is 13.8. The Bertz CT molecular complexity index is 934. The molecule has 2 aromatic rings. The number of benzene rings is 1. The van der Waals surface area contributed by atoms with Gasteiger partial charge in [-0.1, -0.05) is 6.07 Å². The molecule has 164 valence electrons. The fraction of sp³-hybridized carbons (Fsp3) is 0.500. The number of amides is 1. The zero-order valence-corrected chi connectivity index (χ0v) is 18.3. The largest absolute Gasteiger partial charge is 0.493 e. The van der Waals surface area contributed by atoms with Gasteiger partial charge in [-0.2, -0.15) is 0 Å². The van der Waals surface area contributed by atoms with E-state index < -0.39 is 0 Å². The van der Waals surface area contributed by atoms with E-state index in [1.807, 2.05) is 18.5 Å². The lowest BCUT2D eigenvalue weighted by atomic mass is 9.75. The summed E-state index contributed by atoms with van der Waals surface area (Å²) in [5.74, 6) is 2.33. The summed E-state index contributed by atoms with van der Waals surface area (Å²) in [4.78, 5) is 22.9. The van der Waals surface area contributed by atoms with Gasteiger partial charge in [0, 0.05) is 36.5 Å². The fourth-order valence-corrected chi connectivity index (χ4v) is 5.91. The fourth-order valence-electron chi connectivity index (χ4n) is 5.91. The highest BCUT2D eigenvalue weighted by atomic mass is 16.5. The van der Waals surface area contributed by atoms with E-state index in [1.165, 1.54) is 5.56 Å². The Labute approximate surface area is 182 Å². The van der Waals surface area contributed by atoms with E-state index >= 15 is 0 Å². The van der Waals surface area contributed by atoms with E-state index in [1.54, 1.807) is 33.5 Å². The smallest absolute Gasteiger partial charge is 0.254 e. The number of hydrogen-bond acceptors (Lipinski definition) is 6. The molecule has 4 aliphatic heterocycles. The Morgan fingerprint density at radius 3 is 2.32 bits per heavy atom. The van der Waals surface area contributed by atoms with Crippen molar-refractivity contribution in [3.63, 3.8) is 0 Å². The molecule has 0 N–H and O–H groups in total. The van der Waals surface area contributed by atoms with Gasteiger partial charge in [0.25, 0.3) is 5.91 Å². The number of ether oxygens (including phenoxy) is 3. The monoisotopic (exact) mass is 423 g/mol. The molecule has 1 amide bonds. The molecular formula is C24H29N3O4. The van der Waals surface area contributed by atoms with Gasteiger partial charge in [-0.3, -0.25) is 14.7 Å². The third-order valence-electron chi connectivity index (χ3n) is 7.28. The molecule has 0 spiro atoms. The number of carbonyl (C=O) groups is 1. The Kier molecular flexibility index (Phi) is 5.22. The molecule has 4 aliphatic rings. The number of carbonyl (C=O) groups excluding carboxylic acids is 1. The van der Waals surface area contributed by atoms with Crippen molar-refractivity contribution in [2.24, 2.45) is 5.92 Å². The van der Waals surface area contributed by atoms with Gasteiger partial charge in [-0.25, -0.2) is 0 Å². The molecule has 0 saturated carbocycles. The maximum atomic E-state index is 13.8. The lowest BCUT2D eigenvalue weighted by molar-refractivity contribution is -0.00344. The highest BCUT2D eigenvalue weighted by Gasteiger charge is 2.54. The minimum Gasteiger partial charge on any atom is -0.493 e. The van der Waals surface area contributed by atoms with Crippen LogP contribution >= 0.6 is 0 Å². The minimum atomic E-state index is 0.0226. The van der Waals surface area contributed by atoms with E-state index in [0.29, 0.717) is 41.3 Å². The average Bonchev–Trinajstić information content (AvgIpc) is 3.27. The predicted octanol–water partition coefficient (Wildman–Crippen LogP) is 2.81. The van der Waals surface area contributed by atoms with Crippen molar-refractivity contribution in [2.45, 2.75) is 30.8 Å². The van der Waals surface area contributed by atoms with Crippen LogP contribution in [0.1, 0.15) is 34.7 Å². The van der Waals surface area contributed by atoms with Crippen LogP contribution in [0.2, 0.25) is 0 Å².